The Morgan fingerprint density at radius 2 is 2.33 bits per heavy atom. The van der Waals surface area contributed by atoms with E-state index in [4.69, 9.17) is 21.8 Å². The summed E-state index contributed by atoms with van der Waals surface area (Å²) in [5.74, 6) is 0.673. The minimum absolute atomic E-state index is 0.0897. The predicted molar refractivity (Wildman–Crippen MR) is 85.7 cm³/mol. The number of aryl methyl sites for hydroxylation is 1. The van der Waals surface area contributed by atoms with E-state index >= 15 is 0 Å². The minimum atomic E-state index is -0.0897. The maximum absolute atomic E-state index is 11.8. The Morgan fingerprint density at radius 3 is 3.05 bits per heavy atom. The van der Waals surface area contributed by atoms with Gasteiger partial charge in [-0.1, -0.05) is 23.4 Å². The Kier molecular flexibility index (Phi) is 5.52. The van der Waals surface area contributed by atoms with Crippen molar-refractivity contribution < 1.29 is 9.21 Å². The lowest BCUT2D eigenvalue weighted by Crippen LogP contribution is -2.12. The number of carbonyl (C=O) groups is 1. The van der Waals surface area contributed by atoms with Gasteiger partial charge >= 0.3 is 0 Å². The number of anilines is 2. The van der Waals surface area contributed by atoms with Crippen molar-refractivity contribution in [2.24, 2.45) is 0 Å². The Balaban J connectivity index is 1.73. The lowest BCUT2D eigenvalue weighted by Gasteiger charge is -2.08. The van der Waals surface area contributed by atoms with Crippen LogP contribution in [0.15, 0.2) is 34.1 Å². The number of amides is 1. The third kappa shape index (κ3) is 4.99. The highest BCUT2D eigenvalue weighted by atomic mass is 35.5. The number of halogens is 1. The summed E-state index contributed by atoms with van der Waals surface area (Å²) in [6, 6.07) is 4.99. The van der Waals surface area contributed by atoms with Crippen molar-refractivity contribution in [1.82, 2.24) is 4.98 Å². The van der Waals surface area contributed by atoms with E-state index in [2.05, 4.69) is 10.3 Å². The average molecular weight is 326 g/mol. The Morgan fingerprint density at radius 1 is 1.52 bits per heavy atom. The molecule has 3 N–H and O–H groups in total. The number of nitrogens with one attached hydrogen (secondary N) is 1. The smallest absolute Gasteiger partial charge is 0.255 e. The van der Waals surface area contributed by atoms with E-state index < -0.39 is 0 Å². The molecule has 0 fully saturated rings. The molecule has 2 rings (SSSR count). The lowest BCUT2D eigenvalue weighted by molar-refractivity contribution is -0.116. The first-order valence-corrected chi connectivity index (χ1v) is 7.81. The van der Waals surface area contributed by atoms with Crippen molar-refractivity contribution in [3.05, 3.63) is 35.2 Å². The molecule has 0 aliphatic carbocycles. The maximum Gasteiger partial charge on any atom is 0.255 e. The summed E-state index contributed by atoms with van der Waals surface area (Å²) in [7, 11) is 0. The summed E-state index contributed by atoms with van der Waals surface area (Å²) < 4.78 is 5.22. The quantitative estimate of drug-likeness (QED) is 0.480. The lowest BCUT2D eigenvalue weighted by atomic mass is 10.2. The van der Waals surface area contributed by atoms with Crippen molar-refractivity contribution in [3.8, 4) is 0 Å². The molecule has 0 radical (unpaired) electrons. The van der Waals surface area contributed by atoms with Gasteiger partial charge < -0.3 is 15.5 Å². The zero-order valence-corrected chi connectivity index (χ0v) is 13.1. The second-order valence-corrected chi connectivity index (χ2v) is 5.97. The Bertz CT molecular complexity index is 630. The number of aromatic nitrogens is 1. The molecular formula is C14H16ClN3O2S. The van der Waals surface area contributed by atoms with Gasteiger partial charge in [0.1, 0.15) is 6.26 Å². The predicted octanol–water partition coefficient (Wildman–Crippen LogP) is 3.73. The fraction of sp³-hybridized carbons (Fsp3) is 0.286. The van der Waals surface area contributed by atoms with Gasteiger partial charge in [0.25, 0.3) is 5.22 Å². The van der Waals surface area contributed by atoms with Crippen molar-refractivity contribution in [2.75, 3.05) is 16.8 Å². The molecule has 0 atom stereocenters. The zero-order chi connectivity index (χ0) is 15.2. The van der Waals surface area contributed by atoms with Crippen LogP contribution in [-0.4, -0.2) is 16.6 Å². The van der Waals surface area contributed by atoms with Crippen molar-refractivity contribution in [1.29, 1.82) is 0 Å². The normalized spacial score (nSPS) is 10.6. The standard InChI is InChI=1S/C14H16ClN3O2S/c1-9-8-20-14(17-9)21-6-2-3-13(19)18-12-7-10(15)4-5-11(12)16/h4-5,7-8H,2-3,6,16H2,1H3,(H,18,19). The highest BCUT2D eigenvalue weighted by Crippen LogP contribution is 2.23. The van der Waals surface area contributed by atoms with Gasteiger partial charge in [-0.2, -0.15) is 0 Å². The van der Waals surface area contributed by atoms with Crippen LogP contribution in [-0.2, 0) is 4.79 Å². The van der Waals surface area contributed by atoms with Gasteiger partial charge in [0.15, 0.2) is 0 Å². The number of carbonyl (C=O) groups excluding carboxylic acids is 1. The molecule has 0 aliphatic rings. The number of thioether (sulfide) groups is 1. The molecule has 21 heavy (non-hydrogen) atoms. The van der Waals surface area contributed by atoms with Gasteiger partial charge in [0, 0.05) is 17.2 Å². The molecule has 0 unspecified atom stereocenters. The van der Waals surface area contributed by atoms with Crippen LogP contribution in [0.1, 0.15) is 18.5 Å². The largest absolute Gasteiger partial charge is 0.440 e. The molecule has 7 heteroatoms. The summed E-state index contributed by atoms with van der Waals surface area (Å²) in [5.41, 5.74) is 7.67. The molecule has 0 saturated carbocycles. The fourth-order valence-corrected chi connectivity index (χ4v) is 2.60. The molecule has 5 nitrogen and oxygen atoms in total. The third-order valence-corrected chi connectivity index (χ3v) is 3.82. The maximum atomic E-state index is 11.8. The van der Waals surface area contributed by atoms with Crippen LogP contribution in [0.25, 0.3) is 0 Å². The van der Waals surface area contributed by atoms with Crippen molar-refractivity contribution in [3.63, 3.8) is 0 Å². The number of nitrogens with zero attached hydrogens (tertiary/aromatic N) is 1. The second kappa shape index (κ2) is 7.38. The molecule has 112 valence electrons. The number of hydrogen-bond donors (Lipinski definition) is 2. The van der Waals surface area contributed by atoms with Crippen molar-refractivity contribution in [2.45, 2.75) is 25.0 Å². The van der Waals surface area contributed by atoms with Crippen LogP contribution < -0.4 is 11.1 Å². The Labute approximate surface area is 132 Å². The number of hydrogen-bond acceptors (Lipinski definition) is 5. The van der Waals surface area contributed by atoms with E-state index in [1.807, 2.05) is 6.92 Å². The molecule has 0 aliphatic heterocycles. The molecule has 1 heterocycles. The van der Waals surface area contributed by atoms with Crippen molar-refractivity contribution >= 4 is 40.6 Å². The van der Waals surface area contributed by atoms with Crippen LogP contribution in [0.4, 0.5) is 11.4 Å². The van der Waals surface area contributed by atoms with E-state index in [0.717, 1.165) is 17.9 Å². The molecule has 1 aromatic carbocycles. The SMILES string of the molecule is Cc1coc(SCCCC(=O)Nc2cc(Cl)ccc2N)n1. The van der Waals surface area contributed by atoms with Crippen LogP contribution in [0.5, 0.6) is 0 Å². The van der Waals surface area contributed by atoms with Crippen LogP contribution in [0.3, 0.4) is 0 Å². The summed E-state index contributed by atoms with van der Waals surface area (Å²) in [4.78, 5) is 16.0. The summed E-state index contributed by atoms with van der Waals surface area (Å²) >= 11 is 7.36. The first kappa shape index (κ1) is 15.7. The second-order valence-electron chi connectivity index (χ2n) is 4.49. The highest BCUT2D eigenvalue weighted by Gasteiger charge is 2.07. The summed E-state index contributed by atoms with van der Waals surface area (Å²) in [5, 5.41) is 3.92. The molecule has 1 aromatic heterocycles. The number of nitrogens with two attached hydrogens (primary N) is 1. The van der Waals surface area contributed by atoms with Gasteiger partial charge in [0.2, 0.25) is 5.91 Å². The average Bonchev–Trinajstić information content (AvgIpc) is 2.85. The topological polar surface area (TPSA) is 81.2 Å². The van der Waals surface area contributed by atoms with Gasteiger partial charge in [-0.3, -0.25) is 4.79 Å². The first-order chi connectivity index (χ1) is 10.0. The summed E-state index contributed by atoms with van der Waals surface area (Å²) in [6.07, 6.45) is 2.73. The third-order valence-electron chi connectivity index (χ3n) is 2.66. The zero-order valence-electron chi connectivity index (χ0n) is 11.6. The number of rotatable bonds is 6. The molecule has 0 spiro atoms. The van der Waals surface area contributed by atoms with E-state index in [1.165, 1.54) is 11.8 Å². The van der Waals surface area contributed by atoms with Gasteiger partial charge in [-0.05, 0) is 31.5 Å². The summed E-state index contributed by atoms with van der Waals surface area (Å²) in [6.45, 7) is 1.87. The number of nitrogen functional groups attached to an aromatic ring is 1. The molecule has 2 aromatic rings. The van der Waals surface area contributed by atoms with Crippen LogP contribution in [0.2, 0.25) is 5.02 Å². The number of benzene rings is 1. The van der Waals surface area contributed by atoms with Crippen LogP contribution >= 0.6 is 23.4 Å². The van der Waals surface area contributed by atoms with E-state index in [-0.39, 0.29) is 5.91 Å². The molecular weight excluding hydrogens is 310 g/mol. The van der Waals surface area contributed by atoms with Gasteiger partial charge in [0.05, 0.1) is 17.1 Å². The van der Waals surface area contributed by atoms with E-state index in [1.54, 1.807) is 24.5 Å². The van der Waals surface area contributed by atoms with Gasteiger partial charge in [-0.25, -0.2) is 4.98 Å². The van der Waals surface area contributed by atoms with E-state index in [9.17, 15) is 4.79 Å². The first-order valence-electron chi connectivity index (χ1n) is 6.44. The minimum Gasteiger partial charge on any atom is -0.440 e. The monoisotopic (exact) mass is 325 g/mol. The highest BCUT2D eigenvalue weighted by molar-refractivity contribution is 7.99. The Hall–Kier alpha value is -1.66. The molecule has 1 amide bonds. The fourth-order valence-electron chi connectivity index (χ4n) is 1.64. The van der Waals surface area contributed by atoms with Gasteiger partial charge in [-0.15, -0.1) is 0 Å². The van der Waals surface area contributed by atoms with Crippen LogP contribution in [0, 0.1) is 6.92 Å². The molecule has 0 bridgehead atoms. The molecule has 0 saturated heterocycles. The number of oxazole rings is 1. The van der Waals surface area contributed by atoms with E-state index in [0.29, 0.717) is 28.0 Å².